The van der Waals surface area contributed by atoms with Gasteiger partial charge in [-0.05, 0) is 56.1 Å². The van der Waals surface area contributed by atoms with Crippen molar-refractivity contribution in [2.75, 3.05) is 18.0 Å². The monoisotopic (exact) mass is 290 g/mol. The van der Waals surface area contributed by atoms with Gasteiger partial charge in [-0.15, -0.1) is 0 Å². The zero-order valence-corrected chi connectivity index (χ0v) is 12.4. The molecule has 21 heavy (non-hydrogen) atoms. The minimum Gasteiger partial charge on any atom is -0.389 e. The van der Waals surface area contributed by atoms with E-state index in [1.165, 1.54) is 31.7 Å². The lowest BCUT2D eigenvalue weighted by atomic mass is 10.1. The van der Waals surface area contributed by atoms with E-state index in [9.17, 15) is 15.2 Å². The van der Waals surface area contributed by atoms with E-state index in [0.29, 0.717) is 23.1 Å². The molecule has 1 atom stereocenters. The standard InChI is InChI=1S/C16H22N2O3/c1-11(19)14-6-7-15(16(8-14)18(20)21)17(9-12-2-3-12)10-13-4-5-13/h6-8,11-13,19H,2-5,9-10H2,1H3/t11-/m0/s1. The number of benzene rings is 1. The van der Waals surface area contributed by atoms with Crippen LogP contribution < -0.4 is 4.90 Å². The number of aliphatic hydroxyl groups excluding tert-OH is 1. The molecule has 0 spiro atoms. The summed E-state index contributed by atoms with van der Waals surface area (Å²) in [5, 5.41) is 21.0. The van der Waals surface area contributed by atoms with Gasteiger partial charge in [0, 0.05) is 19.2 Å². The Hall–Kier alpha value is -1.62. The summed E-state index contributed by atoms with van der Waals surface area (Å²) in [4.78, 5) is 13.3. The molecular formula is C16H22N2O3. The molecule has 0 aromatic heterocycles. The molecule has 5 nitrogen and oxygen atoms in total. The third kappa shape index (κ3) is 3.53. The van der Waals surface area contributed by atoms with E-state index in [-0.39, 0.29) is 10.6 Å². The van der Waals surface area contributed by atoms with Gasteiger partial charge in [0.05, 0.1) is 11.0 Å². The minimum absolute atomic E-state index is 0.120. The molecule has 0 aliphatic heterocycles. The molecule has 0 amide bonds. The van der Waals surface area contributed by atoms with Gasteiger partial charge in [-0.2, -0.15) is 0 Å². The predicted molar refractivity (Wildman–Crippen MR) is 81.4 cm³/mol. The Morgan fingerprint density at radius 3 is 2.29 bits per heavy atom. The van der Waals surface area contributed by atoms with E-state index in [1.807, 2.05) is 6.07 Å². The number of anilines is 1. The van der Waals surface area contributed by atoms with Crippen molar-refractivity contribution in [1.82, 2.24) is 0 Å². The zero-order valence-electron chi connectivity index (χ0n) is 12.4. The van der Waals surface area contributed by atoms with Crippen LogP contribution in [-0.4, -0.2) is 23.1 Å². The number of nitro groups is 1. The van der Waals surface area contributed by atoms with E-state index in [1.54, 1.807) is 13.0 Å². The predicted octanol–water partition coefficient (Wildman–Crippen LogP) is 3.27. The van der Waals surface area contributed by atoms with Crippen LogP contribution in [0.5, 0.6) is 0 Å². The lowest BCUT2D eigenvalue weighted by Crippen LogP contribution is -2.28. The van der Waals surface area contributed by atoms with Crippen LogP contribution in [0.25, 0.3) is 0 Å². The molecule has 3 rings (SSSR count). The molecule has 2 aliphatic rings. The fraction of sp³-hybridized carbons (Fsp3) is 0.625. The fourth-order valence-electron chi connectivity index (χ4n) is 2.71. The van der Waals surface area contributed by atoms with Gasteiger partial charge < -0.3 is 10.0 Å². The molecule has 0 radical (unpaired) electrons. The Kier molecular flexibility index (Phi) is 3.85. The summed E-state index contributed by atoms with van der Waals surface area (Å²) in [5.41, 5.74) is 1.43. The highest BCUT2D eigenvalue weighted by Gasteiger charge is 2.32. The maximum atomic E-state index is 11.4. The van der Waals surface area contributed by atoms with Gasteiger partial charge in [-0.1, -0.05) is 6.07 Å². The van der Waals surface area contributed by atoms with Gasteiger partial charge >= 0.3 is 0 Å². The number of rotatable bonds is 7. The molecule has 0 unspecified atom stereocenters. The summed E-state index contributed by atoms with van der Waals surface area (Å²) < 4.78 is 0. The molecule has 2 aliphatic carbocycles. The number of hydrogen-bond acceptors (Lipinski definition) is 4. The average molecular weight is 290 g/mol. The summed E-state index contributed by atoms with van der Waals surface area (Å²) in [5.74, 6) is 1.39. The first-order valence-corrected chi connectivity index (χ1v) is 7.76. The van der Waals surface area contributed by atoms with Crippen LogP contribution >= 0.6 is 0 Å². The molecule has 1 aromatic rings. The second kappa shape index (κ2) is 5.64. The normalized spacial score (nSPS) is 19.3. The Labute approximate surface area is 124 Å². The second-order valence-electron chi connectivity index (χ2n) is 6.47. The zero-order chi connectivity index (χ0) is 15.0. The van der Waals surface area contributed by atoms with E-state index >= 15 is 0 Å². The second-order valence-corrected chi connectivity index (χ2v) is 6.47. The molecule has 1 N–H and O–H groups in total. The van der Waals surface area contributed by atoms with Gasteiger partial charge in [0.2, 0.25) is 0 Å². The van der Waals surface area contributed by atoms with Gasteiger partial charge in [-0.3, -0.25) is 10.1 Å². The largest absolute Gasteiger partial charge is 0.389 e. The van der Waals surface area contributed by atoms with E-state index in [2.05, 4.69) is 4.90 Å². The van der Waals surface area contributed by atoms with Crippen LogP contribution in [0.4, 0.5) is 11.4 Å². The summed E-state index contributed by atoms with van der Waals surface area (Å²) >= 11 is 0. The van der Waals surface area contributed by atoms with Crippen molar-refractivity contribution in [2.24, 2.45) is 11.8 Å². The average Bonchev–Trinajstić information content (AvgIpc) is 3.32. The third-order valence-corrected chi connectivity index (χ3v) is 4.37. The van der Waals surface area contributed by atoms with Crippen molar-refractivity contribution >= 4 is 11.4 Å². The first-order valence-electron chi connectivity index (χ1n) is 7.76. The smallest absolute Gasteiger partial charge is 0.292 e. The van der Waals surface area contributed by atoms with Crippen LogP contribution in [0.3, 0.4) is 0 Å². The highest BCUT2D eigenvalue weighted by Crippen LogP contribution is 2.39. The lowest BCUT2D eigenvalue weighted by Gasteiger charge is -2.25. The van der Waals surface area contributed by atoms with E-state index in [4.69, 9.17) is 0 Å². The number of nitrogens with zero attached hydrogens (tertiary/aromatic N) is 2. The number of nitro benzene ring substituents is 1. The Morgan fingerprint density at radius 2 is 1.86 bits per heavy atom. The maximum Gasteiger partial charge on any atom is 0.292 e. The van der Waals surface area contributed by atoms with Crippen molar-refractivity contribution in [3.8, 4) is 0 Å². The summed E-state index contributed by atoms with van der Waals surface area (Å²) in [6.45, 7) is 3.47. The minimum atomic E-state index is -0.682. The van der Waals surface area contributed by atoms with Crippen molar-refractivity contribution in [2.45, 2.75) is 38.7 Å². The van der Waals surface area contributed by atoms with Crippen LogP contribution in [0.2, 0.25) is 0 Å². The quantitative estimate of drug-likeness (QED) is 0.618. The van der Waals surface area contributed by atoms with Gasteiger partial charge in [-0.25, -0.2) is 0 Å². The molecule has 2 fully saturated rings. The number of aliphatic hydroxyl groups is 1. The Bertz CT molecular complexity index is 522. The highest BCUT2D eigenvalue weighted by atomic mass is 16.6. The van der Waals surface area contributed by atoms with Crippen molar-refractivity contribution in [3.63, 3.8) is 0 Å². The van der Waals surface area contributed by atoms with Gasteiger partial charge in [0.1, 0.15) is 5.69 Å². The van der Waals surface area contributed by atoms with Gasteiger partial charge in [0.25, 0.3) is 5.69 Å². The summed E-state index contributed by atoms with van der Waals surface area (Å²) in [6, 6.07) is 5.14. The lowest BCUT2D eigenvalue weighted by molar-refractivity contribution is -0.384. The Morgan fingerprint density at radius 1 is 1.29 bits per heavy atom. The van der Waals surface area contributed by atoms with Gasteiger partial charge in [0.15, 0.2) is 0 Å². The van der Waals surface area contributed by atoms with E-state index < -0.39 is 6.10 Å². The van der Waals surface area contributed by atoms with Crippen LogP contribution in [-0.2, 0) is 0 Å². The first-order chi connectivity index (χ1) is 10.0. The maximum absolute atomic E-state index is 11.4. The molecule has 2 saturated carbocycles. The molecular weight excluding hydrogens is 268 g/mol. The topological polar surface area (TPSA) is 66.6 Å². The molecule has 0 saturated heterocycles. The first kappa shape index (κ1) is 14.3. The van der Waals surface area contributed by atoms with E-state index in [0.717, 1.165) is 13.1 Å². The Balaban J connectivity index is 1.90. The molecule has 5 heteroatoms. The third-order valence-electron chi connectivity index (χ3n) is 4.37. The highest BCUT2D eigenvalue weighted by molar-refractivity contribution is 5.64. The van der Waals surface area contributed by atoms with Crippen molar-refractivity contribution < 1.29 is 10.0 Å². The summed E-state index contributed by atoms with van der Waals surface area (Å²) in [6.07, 6.45) is 4.26. The van der Waals surface area contributed by atoms with Crippen LogP contribution in [0.15, 0.2) is 18.2 Å². The van der Waals surface area contributed by atoms with Crippen molar-refractivity contribution in [1.29, 1.82) is 0 Å². The van der Waals surface area contributed by atoms with Crippen LogP contribution in [0, 0.1) is 22.0 Å². The molecule has 0 heterocycles. The molecule has 114 valence electrons. The molecule has 0 bridgehead atoms. The summed E-state index contributed by atoms with van der Waals surface area (Å²) in [7, 11) is 0. The van der Waals surface area contributed by atoms with Crippen LogP contribution in [0.1, 0.15) is 44.3 Å². The fourth-order valence-corrected chi connectivity index (χ4v) is 2.71. The molecule has 1 aromatic carbocycles. The van der Waals surface area contributed by atoms with Crippen molar-refractivity contribution in [3.05, 3.63) is 33.9 Å². The SMILES string of the molecule is C[C@H](O)c1ccc(N(CC2CC2)CC2CC2)c([N+](=O)[O-])c1. The number of hydrogen-bond donors (Lipinski definition) is 1.